The molecule has 25 heavy (non-hydrogen) atoms. The van der Waals surface area contributed by atoms with E-state index in [0.29, 0.717) is 16.1 Å². The molecular formula is C17H13N3O4S. The SMILES string of the molecule is CCCc1nnc(NC(=O)c2cc3c(=O)c4ccccc4oc3o2)s1. The molecule has 3 aromatic heterocycles. The fraction of sp³-hybridized carbons (Fsp3) is 0.176. The molecule has 0 aliphatic rings. The van der Waals surface area contributed by atoms with Gasteiger partial charge in [0.15, 0.2) is 5.76 Å². The Bertz CT molecular complexity index is 1140. The zero-order chi connectivity index (χ0) is 17.4. The molecule has 1 aromatic carbocycles. The third-order valence-corrected chi connectivity index (χ3v) is 4.55. The molecule has 0 bridgehead atoms. The van der Waals surface area contributed by atoms with Crippen LogP contribution < -0.4 is 10.7 Å². The number of carbonyl (C=O) groups excluding carboxylic acids is 1. The molecule has 4 aromatic rings. The van der Waals surface area contributed by atoms with Gasteiger partial charge in [0.25, 0.3) is 5.91 Å². The molecule has 126 valence electrons. The molecule has 0 radical (unpaired) electrons. The highest BCUT2D eigenvalue weighted by Crippen LogP contribution is 2.23. The number of furan rings is 1. The van der Waals surface area contributed by atoms with Gasteiger partial charge >= 0.3 is 5.78 Å². The minimum Gasteiger partial charge on any atom is -0.425 e. The predicted octanol–water partition coefficient (Wildman–Crippen LogP) is 3.60. The molecular weight excluding hydrogens is 342 g/mol. The van der Waals surface area contributed by atoms with E-state index in [4.69, 9.17) is 8.83 Å². The van der Waals surface area contributed by atoms with Crippen molar-refractivity contribution in [3.05, 3.63) is 51.3 Å². The second-order valence-corrected chi connectivity index (χ2v) is 6.51. The van der Waals surface area contributed by atoms with Crippen molar-refractivity contribution in [1.82, 2.24) is 10.2 Å². The smallest absolute Gasteiger partial charge is 0.302 e. The van der Waals surface area contributed by atoms with Crippen molar-refractivity contribution < 1.29 is 13.6 Å². The summed E-state index contributed by atoms with van der Waals surface area (Å²) in [6.45, 7) is 2.04. The number of aromatic nitrogens is 2. The van der Waals surface area contributed by atoms with E-state index >= 15 is 0 Å². The van der Waals surface area contributed by atoms with Gasteiger partial charge in [-0.25, -0.2) is 0 Å². The van der Waals surface area contributed by atoms with Gasteiger partial charge in [-0.2, -0.15) is 0 Å². The summed E-state index contributed by atoms with van der Waals surface area (Å²) in [6, 6.07) is 8.24. The number of hydrogen-bond donors (Lipinski definition) is 1. The molecule has 0 atom stereocenters. The van der Waals surface area contributed by atoms with Crippen molar-refractivity contribution in [3.63, 3.8) is 0 Å². The van der Waals surface area contributed by atoms with Gasteiger partial charge in [0.05, 0.1) is 5.39 Å². The van der Waals surface area contributed by atoms with Crippen LogP contribution in [-0.2, 0) is 6.42 Å². The van der Waals surface area contributed by atoms with Gasteiger partial charge in [0.1, 0.15) is 16.0 Å². The van der Waals surface area contributed by atoms with Crippen LogP contribution in [0.25, 0.3) is 22.1 Å². The summed E-state index contributed by atoms with van der Waals surface area (Å²) in [4.78, 5) is 24.8. The van der Waals surface area contributed by atoms with Crippen molar-refractivity contribution in [2.45, 2.75) is 19.8 Å². The maximum atomic E-state index is 12.5. The fourth-order valence-corrected chi connectivity index (χ4v) is 3.32. The lowest BCUT2D eigenvalue weighted by Gasteiger charge is -1.96. The second-order valence-electron chi connectivity index (χ2n) is 5.44. The van der Waals surface area contributed by atoms with Gasteiger partial charge in [-0.05, 0) is 18.6 Å². The number of anilines is 1. The van der Waals surface area contributed by atoms with Gasteiger partial charge < -0.3 is 8.83 Å². The first-order valence-corrected chi connectivity index (χ1v) is 8.56. The van der Waals surface area contributed by atoms with E-state index in [9.17, 15) is 9.59 Å². The molecule has 8 heteroatoms. The van der Waals surface area contributed by atoms with Crippen molar-refractivity contribution in [2.24, 2.45) is 0 Å². The number of fused-ring (bicyclic) bond motifs is 2. The van der Waals surface area contributed by atoms with E-state index in [2.05, 4.69) is 15.5 Å². The van der Waals surface area contributed by atoms with Crippen LogP contribution in [0, 0.1) is 0 Å². The van der Waals surface area contributed by atoms with Crippen LogP contribution >= 0.6 is 11.3 Å². The molecule has 3 heterocycles. The van der Waals surface area contributed by atoms with E-state index in [1.54, 1.807) is 24.3 Å². The van der Waals surface area contributed by atoms with Crippen molar-refractivity contribution in [1.29, 1.82) is 0 Å². The van der Waals surface area contributed by atoms with Crippen LogP contribution in [0.5, 0.6) is 0 Å². The highest BCUT2D eigenvalue weighted by Gasteiger charge is 2.19. The van der Waals surface area contributed by atoms with Crippen LogP contribution in [0.4, 0.5) is 5.13 Å². The Hall–Kier alpha value is -3.00. The number of carbonyl (C=O) groups is 1. The lowest BCUT2D eigenvalue weighted by molar-refractivity contribution is 0.0997. The maximum Gasteiger partial charge on any atom is 0.302 e. The van der Waals surface area contributed by atoms with E-state index in [1.807, 2.05) is 6.92 Å². The number of nitrogens with one attached hydrogen (secondary N) is 1. The van der Waals surface area contributed by atoms with Crippen LogP contribution in [0.3, 0.4) is 0 Å². The van der Waals surface area contributed by atoms with Crippen molar-refractivity contribution in [2.75, 3.05) is 5.32 Å². The number of aryl methyl sites for hydroxylation is 1. The van der Waals surface area contributed by atoms with E-state index < -0.39 is 5.91 Å². The normalized spacial score (nSPS) is 11.2. The van der Waals surface area contributed by atoms with Gasteiger partial charge in [-0.15, -0.1) is 10.2 Å². The zero-order valence-electron chi connectivity index (χ0n) is 13.2. The molecule has 0 aliphatic heterocycles. The number of nitrogens with zero attached hydrogens (tertiary/aromatic N) is 2. The van der Waals surface area contributed by atoms with Crippen LogP contribution in [0.1, 0.15) is 28.9 Å². The highest BCUT2D eigenvalue weighted by atomic mass is 32.1. The molecule has 0 saturated heterocycles. The van der Waals surface area contributed by atoms with Gasteiger partial charge in [-0.1, -0.05) is 30.4 Å². The summed E-state index contributed by atoms with van der Waals surface area (Å²) >= 11 is 1.31. The predicted molar refractivity (Wildman–Crippen MR) is 94.1 cm³/mol. The highest BCUT2D eigenvalue weighted by molar-refractivity contribution is 7.15. The Morgan fingerprint density at radius 3 is 2.88 bits per heavy atom. The van der Waals surface area contributed by atoms with Crippen LogP contribution in [0.15, 0.2) is 44.0 Å². The third-order valence-electron chi connectivity index (χ3n) is 3.65. The molecule has 0 spiro atoms. The first kappa shape index (κ1) is 15.5. The molecule has 1 N–H and O–H groups in total. The van der Waals surface area contributed by atoms with Gasteiger partial charge in [0, 0.05) is 12.5 Å². The molecule has 0 saturated carbocycles. The Labute approximate surface area is 145 Å². The van der Waals surface area contributed by atoms with Gasteiger partial charge in [0.2, 0.25) is 10.6 Å². The first-order valence-electron chi connectivity index (χ1n) is 7.75. The summed E-state index contributed by atoms with van der Waals surface area (Å²) in [5.41, 5.74) is 0.176. The number of amides is 1. The first-order chi connectivity index (χ1) is 12.2. The molecule has 0 fully saturated rings. The number of rotatable bonds is 4. The van der Waals surface area contributed by atoms with Gasteiger partial charge in [-0.3, -0.25) is 14.9 Å². The topological polar surface area (TPSA) is 98.2 Å². The Kier molecular flexibility index (Phi) is 3.81. The summed E-state index contributed by atoms with van der Waals surface area (Å²) in [5.74, 6) is -0.495. The fourth-order valence-electron chi connectivity index (χ4n) is 2.49. The average molecular weight is 355 g/mol. The van der Waals surface area contributed by atoms with Crippen LogP contribution in [-0.4, -0.2) is 16.1 Å². The second kappa shape index (κ2) is 6.14. The summed E-state index contributed by atoms with van der Waals surface area (Å²) < 4.78 is 11.0. The third kappa shape index (κ3) is 2.80. The Morgan fingerprint density at radius 1 is 1.20 bits per heavy atom. The largest absolute Gasteiger partial charge is 0.425 e. The average Bonchev–Trinajstić information content (AvgIpc) is 3.22. The Morgan fingerprint density at radius 2 is 2.04 bits per heavy atom. The minimum atomic E-state index is -0.506. The minimum absolute atomic E-state index is 0.0154. The maximum absolute atomic E-state index is 12.5. The van der Waals surface area contributed by atoms with E-state index in [-0.39, 0.29) is 22.4 Å². The summed E-state index contributed by atoms with van der Waals surface area (Å²) in [6.07, 6.45) is 1.76. The molecule has 1 amide bonds. The molecule has 7 nitrogen and oxygen atoms in total. The lowest BCUT2D eigenvalue weighted by atomic mass is 10.2. The summed E-state index contributed by atoms with van der Waals surface area (Å²) in [7, 11) is 0. The Balaban J connectivity index is 1.68. The molecule has 0 unspecified atom stereocenters. The van der Waals surface area contributed by atoms with E-state index in [0.717, 1.165) is 17.8 Å². The van der Waals surface area contributed by atoms with Crippen LogP contribution in [0.2, 0.25) is 0 Å². The van der Waals surface area contributed by atoms with Crippen molar-refractivity contribution in [3.8, 4) is 0 Å². The standard InChI is InChI=1S/C17H13N3O4S/c1-2-5-13-19-20-17(25-13)18-15(22)12-8-10-14(21)9-6-3-4-7-11(9)23-16(10)24-12/h3-4,6-8H,2,5H2,1H3,(H,18,20,22). The monoisotopic (exact) mass is 355 g/mol. The summed E-state index contributed by atoms with van der Waals surface area (Å²) in [5, 5.41) is 12.5. The number of para-hydroxylation sites is 1. The molecule has 0 aliphatic carbocycles. The van der Waals surface area contributed by atoms with Crippen molar-refractivity contribution >= 4 is 44.5 Å². The number of hydrogen-bond acceptors (Lipinski definition) is 7. The van der Waals surface area contributed by atoms with E-state index in [1.165, 1.54) is 17.4 Å². The zero-order valence-corrected chi connectivity index (χ0v) is 14.1. The number of benzene rings is 1. The lowest BCUT2D eigenvalue weighted by Crippen LogP contribution is -2.10. The quantitative estimate of drug-likeness (QED) is 0.600. The molecule has 4 rings (SSSR count).